The summed E-state index contributed by atoms with van der Waals surface area (Å²) < 4.78 is 0. The van der Waals surface area contributed by atoms with Gasteiger partial charge in [-0.15, -0.1) is 0 Å². The Kier molecular flexibility index (Phi) is 4.62. The van der Waals surface area contributed by atoms with Crippen LogP contribution in [0.5, 0.6) is 0 Å². The first-order chi connectivity index (χ1) is 11.5. The molecule has 128 valence electrons. The van der Waals surface area contributed by atoms with Crippen molar-refractivity contribution in [3.63, 3.8) is 0 Å². The van der Waals surface area contributed by atoms with E-state index in [0.717, 1.165) is 25.7 Å². The largest absolute Gasteiger partial charge is 0.388 e. The molecule has 0 spiro atoms. The molecule has 0 unspecified atom stereocenters. The van der Waals surface area contributed by atoms with Gasteiger partial charge in [0, 0.05) is 13.6 Å². The van der Waals surface area contributed by atoms with E-state index in [9.17, 15) is 14.7 Å². The molecule has 1 amide bonds. The van der Waals surface area contributed by atoms with Gasteiger partial charge in [-0.05, 0) is 18.9 Å². The Morgan fingerprint density at radius 1 is 1.29 bits per heavy atom. The summed E-state index contributed by atoms with van der Waals surface area (Å²) in [4.78, 5) is 36.6. The highest BCUT2D eigenvalue weighted by Gasteiger charge is 2.31. The van der Waals surface area contributed by atoms with Gasteiger partial charge >= 0.3 is 0 Å². The monoisotopic (exact) mass is 330 g/mol. The van der Waals surface area contributed by atoms with E-state index in [-0.39, 0.29) is 23.7 Å². The number of likely N-dealkylation sites (N-methyl/N-ethyl adjacent to an activating group) is 1. The maximum atomic E-state index is 12.6. The fourth-order valence-corrected chi connectivity index (χ4v) is 3.34. The van der Waals surface area contributed by atoms with Crippen LogP contribution in [0.1, 0.15) is 49.0 Å². The van der Waals surface area contributed by atoms with Crippen LogP contribution in [0.15, 0.2) is 23.4 Å². The number of rotatable bonds is 3. The van der Waals surface area contributed by atoms with Crippen LogP contribution in [-0.4, -0.2) is 50.1 Å². The first kappa shape index (κ1) is 16.6. The number of amides is 1. The molecule has 3 rings (SSSR count). The van der Waals surface area contributed by atoms with Crippen molar-refractivity contribution in [2.45, 2.75) is 44.1 Å². The number of carbonyl (C=O) groups excluding carboxylic acids is 1. The number of aliphatic hydroxyl groups is 1. The van der Waals surface area contributed by atoms with Gasteiger partial charge in [-0.25, -0.2) is 9.97 Å². The molecule has 2 N–H and O–H groups in total. The number of hydrogen-bond acceptors (Lipinski definition) is 5. The van der Waals surface area contributed by atoms with Crippen LogP contribution >= 0.6 is 0 Å². The molecule has 7 nitrogen and oxygen atoms in total. The first-order valence-corrected chi connectivity index (χ1v) is 8.30. The van der Waals surface area contributed by atoms with Gasteiger partial charge in [-0.3, -0.25) is 9.59 Å². The number of pyridine rings is 1. The number of carbonyl (C=O) groups is 1. The highest BCUT2D eigenvalue weighted by Crippen LogP contribution is 2.27. The molecule has 1 aliphatic rings. The number of aromatic nitrogens is 3. The third kappa shape index (κ3) is 3.46. The highest BCUT2D eigenvalue weighted by molar-refractivity contribution is 5.95. The minimum absolute atomic E-state index is 0.181. The summed E-state index contributed by atoms with van der Waals surface area (Å²) >= 11 is 0. The molecule has 2 aromatic rings. The second kappa shape index (κ2) is 6.68. The lowest BCUT2D eigenvalue weighted by atomic mass is 9.94. The number of aromatic amines is 1. The third-order valence-corrected chi connectivity index (χ3v) is 4.66. The zero-order valence-corrected chi connectivity index (χ0v) is 13.8. The van der Waals surface area contributed by atoms with E-state index in [0.29, 0.717) is 23.7 Å². The minimum atomic E-state index is -0.837. The van der Waals surface area contributed by atoms with Crippen molar-refractivity contribution in [2.75, 3.05) is 13.6 Å². The van der Waals surface area contributed by atoms with Gasteiger partial charge in [0.25, 0.3) is 11.5 Å². The van der Waals surface area contributed by atoms with Gasteiger partial charge < -0.3 is 15.0 Å². The van der Waals surface area contributed by atoms with Gasteiger partial charge in [0.15, 0.2) is 0 Å². The van der Waals surface area contributed by atoms with E-state index < -0.39 is 5.60 Å². The molecule has 0 atom stereocenters. The van der Waals surface area contributed by atoms with Crippen LogP contribution in [0.4, 0.5) is 0 Å². The highest BCUT2D eigenvalue weighted by atomic mass is 16.3. The van der Waals surface area contributed by atoms with Crippen molar-refractivity contribution in [1.82, 2.24) is 19.9 Å². The minimum Gasteiger partial charge on any atom is -0.388 e. The van der Waals surface area contributed by atoms with Crippen LogP contribution < -0.4 is 5.56 Å². The number of nitrogens with zero attached hydrogens (tertiary/aromatic N) is 3. The van der Waals surface area contributed by atoms with Crippen molar-refractivity contribution in [3.05, 3.63) is 34.6 Å². The summed E-state index contributed by atoms with van der Waals surface area (Å²) in [5, 5.41) is 11.1. The number of hydrogen-bond donors (Lipinski definition) is 2. The molecule has 0 aliphatic heterocycles. The molecule has 24 heavy (non-hydrogen) atoms. The fraction of sp³-hybridized carbons (Fsp3) is 0.529. The Labute approximate surface area is 139 Å². The van der Waals surface area contributed by atoms with Crippen LogP contribution in [0.2, 0.25) is 0 Å². The van der Waals surface area contributed by atoms with Gasteiger partial charge in [-0.1, -0.05) is 25.7 Å². The van der Waals surface area contributed by atoms with Crippen LogP contribution in [-0.2, 0) is 0 Å². The second-order valence-corrected chi connectivity index (χ2v) is 6.62. The summed E-state index contributed by atoms with van der Waals surface area (Å²) in [6.07, 6.45) is 8.36. The summed E-state index contributed by atoms with van der Waals surface area (Å²) in [6, 6.07) is 1.46. The summed E-state index contributed by atoms with van der Waals surface area (Å²) in [6.45, 7) is 0.273. The smallest absolute Gasteiger partial charge is 0.272 e. The zero-order valence-electron chi connectivity index (χ0n) is 13.8. The van der Waals surface area contributed by atoms with Gasteiger partial charge in [0.1, 0.15) is 5.69 Å². The van der Waals surface area contributed by atoms with Crippen LogP contribution in [0, 0.1) is 0 Å². The van der Waals surface area contributed by atoms with E-state index in [1.54, 1.807) is 7.05 Å². The predicted octanol–water partition coefficient (Wildman–Crippen LogP) is 1.48. The van der Waals surface area contributed by atoms with Crippen molar-refractivity contribution < 1.29 is 9.90 Å². The van der Waals surface area contributed by atoms with E-state index in [2.05, 4.69) is 15.0 Å². The van der Waals surface area contributed by atoms with E-state index in [1.807, 2.05) is 0 Å². The Hall–Kier alpha value is -2.28. The molecule has 2 heterocycles. The standard InChI is InChI=1S/C17H22N4O3/c1-21(10-17(24)6-4-2-3-5-7-17)16(23)13-8-12-14(9-18-13)19-11-20-15(12)22/h8-9,11,24H,2-7,10H2,1H3,(H,19,20,22). The lowest BCUT2D eigenvalue weighted by Crippen LogP contribution is -2.43. The molecule has 1 saturated carbocycles. The molecule has 1 fully saturated rings. The average Bonchev–Trinajstić information content (AvgIpc) is 2.79. The summed E-state index contributed by atoms with van der Waals surface area (Å²) in [5.74, 6) is -0.308. The van der Waals surface area contributed by atoms with Gasteiger partial charge in [-0.2, -0.15) is 0 Å². The van der Waals surface area contributed by atoms with E-state index in [1.165, 1.54) is 23.5 Å². The van der Waals surface area contributed by atoms with Crippen molar-refractivity contribution in [1.29, 1.82) is 0 Å². The number of nitrogens with one attached hydrogen (secondary N) is 1. The number of H-pyrrole nitrogens is 1. The molecule has 0 saturated heterocycles. The molecule has 0 radical (unpaired) electrons. The Bertz CT molecular complexity index is 794. The zero-order chi connectivity index (χ0) is 17.2. The topological polar surface area (TPSA) is 99.2 Å². The lowest BCUT2D eigenvalue weighted by Gasteiger charge is -2.31. The Morgan fingerprint density at radius 2 is 2.00 bits per heavy atom. The molecule has 1 aliphatic carbocycles. The molecular weight excluding hydrogens is 308 g/mol. The molecule has 0 aromatic carbocycles. The third-order valence-electron chi connectivity index (χ3n) is 4.66. The van der Waals surface area contributed by atoms with Crippen LogP contribution in [0.25, 0.3) is 10.9 Å². The predicted molar refractivity (Wildman–Crippen MR) is 89.8 cm³/mol. The molecule has 0 bridgehead atoms. The van der Waals surface area contributed by atoms with Crippen molar-refractivity contribution >= 4 is 16.8 Å². The van der Waals surface area contributed by atoms with Gasteiger partial charge in [0.2, 0.25) is 0 Å². The fourth-order valence-electron chi connectivity index (χ4n) is 3.34. The Morgan fingerprint density at radius 3 is 2.71 bits per heavy atom. The summed E-state index contributed by atoms with van der Waals surface area (Å²) in [7, 11) is 1.66. The second-order valence-electron chi connectivity index (χ2n) is 6.62. The van der Waals surface area contributed by atoms with Crippen molar-refractivity contribution in [2.24, 2.45) is 0 Å². The van der Waals surface area contributed by atoms with Crippen molar-refractivity contribution in [3.8, 4) is 0 Å². The van der Waals surface area contributed by atoms with E-state index >= 15 is 0 Å². The molecule has 2 aromatic heterocycles. The average molecular weight is 330 g/mol. The maximum Gasteiger partial charge on any atom is 0.272 e. The SMILES string of the molecule is CN(CC1(O)CCCCCC1)C(=O)c1cc2c(=O)[nH]cnc2cn1. The van der Waals surface area contributed by atoms with E-state index in [4.69, 9.17) is 0 Å². The van der Waals surface area contributed by atoms with Crippen LogP contribution in [0.3, 0.4) is 0 Å². The lowest BCUT2D eigenvalue weighted by molar-refractivity contribution is -0.00152. The van der Waals surface area contributed by atoms with Gasteiger partial charge in [0.05, 0.1) is 29.0 Å². The first-order valence-electron chi connectivity index (χ1n) is 8.30. The Balaban J connectivity index is 1.80. The molecular formula is C17H22N4O3. The quantitative estimate of drug-likeness (QED) is 0.830. The number of fused-ring (bicyclic) bond motifs is 1. The molecule has 7 heteroatoms. The summed E-state index contributed by atoms with van der Waals surface area (Å²) in [5.41, 5.74) is -0.515. The maximum absolute atomic E-state index is 12.6. The normalized spacial score (nSPS) is 17.4.